The van der Waals surface area contributed by atoms with E-state index in [0.29, 0.717) is 11.1 Å². The Hall–Kier alpha value is -2.05. The fourth-order valence-electron chi connectivity index (χ4n) is 1.33. The molecule has 0 aliphatic rings. The third-order valence-corrected chi connectivity index (χ3v) is 3.14. The van der Waals surface area contributed by atoms with Crippen LogP contribution in [0.25, 0.3) is 0 Å². The minimum absolute atomic E-state index is 0.545. The van der Waals surface area contributed by atoms with Crippen molar-refractivity contribution in [3.05, 3.63) is 59.7 Å². The average molecular weight is 238 g/mol. The summed E-state index contributed by atoms with van der Waals surface area (Å²) in [6.45, 7) is 0. The Morgan fingerprint density at radius 1 is 1.18 bits per heavy atom. The molecule has 2 rings (SSSR count). The molecule has 81 valence electrons. The van der Waals surface area contributed by atoms with Gasteiger partial charge in [-0.05, 0) is 42.5 Å². The summed E-state index contributed by atoms with van der Waals surface area (Å²) < 4.78 is 0. The fraction of sp³-hybridized carbons (Fsp3) is 0. The molecule has 0 atom stereocenters. The quantitative estimate of drug-likeness (QED) is 0.770. The van der Waals surface area contributed by atoms with Gasteiger partial charge in [0.15, 0.2) is 6.29 Å². The lowest BCUT2D eigenvalue weighted by molar-refractivity contribution is 0.112. The molecular formula is C14H8NOS. The number of nitriles is 1. The van der Waals surface area contributed by atoms with Gasteiger partial charge in [-0.2, -0.15) is 5.26 Å². The maximum Gasteiger partial charge on any atom is 0.150 e. The smallest absolute Gasteiger partial charge is 0.150 e. The van der Waals surface area contributed by atoms with E-state index < -0.39 is 0 Å². The Balaban J connectivity index is 2.19. The second kappa shape index (κ2) is 5.33. The Morgan fingerprint density at radius 3 is 2.59 bits per heavy atom. The SMILES string of the molecule is N#Cc1ccc(Sc2cc[c]c(C=O)c2)cc1. The second-order valence-electron chi connectivity index (χ2n) is 3.34. The van der Waals surface area contributed by atoms with Crippen molar-refractivity contribution in [2.45, 2.75) is 9.79 Å². The van der Waals surface area contributed by atoms with Gasteiger partial charge in [0.2, 0.25) is 0 Å². The number of aldehydes is 1. The van der Waals surface area contributed by atoms with Gasteiger partial charge in [0.25, 0.3) is 0 Å². The molecule has 0 heterocycles. The van der Waals surface area contributed by atoms with Gasteiger partial charge < -0.3 is 0 Å². The predicted molar refractivity (Wildman–Crippen MR) is 65.9 cm³/mol. The molecule has 0 spiro atoms. The number of benzene rings is 2. The second-order valence-corrected chi connectivity index (χ2v) is 4.48. The van der Waals surface area contributed by atoms with Crippen LogP contribution in [0.3, 0.4) is 0 Å². The summed E-state index contributed by atoms with van der Waals surface area (Å²) in [5.74, 6) is 0. The first kappa shape index (κ1) is 11.4. The van der Waals surface area contributed by atoms with Gasteiger partial charge in [-0.25, -0.2) is 0 Å². The lowest BCUT2D eigenvalue weighted by atomic mass is 10.2. The fourth-order valence-corrected chi connectivity index (χ4v) is 2.19. The maximum absolute atomic E-state index is 10.6. The van der Waals surface area contributed by atoms with Crippen molar-refractivity contribution in [2.24, 2.45) is 0 Å². The highest BCUT2D eigenvalue weighted by Gasteiger charge is 1.99. The maximum atomic E-state index is 10.6. The number of hydrogen-bond acceptors (Lipinski definition) is 3. The molecule has 0 N–H and O–H groups in total. The van der Waals surface area contributed by atoms with Gasteiger partial charge in [0, 0.05) is 15.4 Å². The van der Waals surface area contributed by atoms with Crippen LogP contribution < -0.4 is 0 Å². The largest absolute Gasteiger partial charge is 0.298 e. The van der Waals surface area contributed by atoms with Crippen LogP contribution in [0.5, 0.6) is 0 Å². The summed E-state index contributed by atoms with van der Waals surface area (Å²) in [6, 6.07) is 17.7. The zero-order valence-electron chi connectivity index (χ0n) is 8.88. The van der Waals surface area contributed by atoms with Gasteiger partial charge >= 0.3 is 0 Å². The third-order valence-electron chi connectivity index (χ3n) is 2.14. The van der Waals surface area contributed by atoms with Crippen LogP contribution >= 0.6 is 11.8 Å². The standard InChI is InChI=1S/C14H8NOS/c15-9-11-4-6-13(7-5-11)17-14-3-1-2-12(8-14)10-16/h1,3-8,10H. The van der Waals surface area contributed by atoms with E-state index in [0.717, 1.165) is 16.1 Å². The molecule has 0 aromatic heterocycles. The van der Waals surface area contributed by atoms with Gasteiger partial charge in [-0.1, -0.05) is 17.8 Å². The van der Waals surface area contributed by atoms with Crippen LogP contribution in [0.4, 0.5) is 0 Å². The van der Waals surface area contributed by atoms with Gasteiger partial charge in [0.05, 0.1) is 11.6 Å². The summed E-state index contributed by atoms with van der Waals surface area (Å²) >= 11 is 1.55. The summed E-state index contributed by atoms with van der Waals surface area (Å²) in [5.41, 5.74) is 1.19. The Bertz CT molecular complexity index is 570. The van der Waals surface area contributed by atoms with Crippen LogP contribution in [-0.2, 0) is 0 Å². The molecule has 0 saturated heterocycles. The molecule has 2 aromatic rings. The van der Waals surface area contributed by atoms with Gasteiger partial charge in [-0.3, -0.25) is 4.79 Å². The van der Waals surface area contributed by atoms with E-state index in [4.69, 9.17) is 5.26 Å². The summed E-state index contributed by atoms with van der Waals surface area (Å²) in [7, 11) is 0. The van der Waals surface area contributed by atoms with Crippen molar-refractivity contribution in [1.82, 2.24) is 0 Å². The van der Waals surface area contributed by atoms with Crippen LogP contribution in [0, 0.1) is 17.4 Å². The van der Waals surface area contributed by atoms with E-state index in [1.165, 1.54) is 0 Å². The molecule has 2 nitrogen and oxygen atoms in total. The van der Waals surface area contributed by atoms with Gasteiger partial charge in [0.1, 0.15) is 0 Å². The van der Waals surface area contributed by atoms with Crippen LogP contribution in [0.15, 0.2) is 52.3 Å². The highest BCUT2D eigenvalue weighted by Crippen LogP contribution is 2.27. The molecule has 0 fully saturated rings. The molecule has 2 aromatic carbocycles. The number of carbonyl (C=O) groups excluding carboxylic acids is 1. The van der Waals surface area contributed by atoms with Crippen LogP contribution in [0.2, 0.25) is 0 Å². The summed E-state index contributed by atoms with van der Waals surface area (Å²) in [4.78, 5) is 12.6. The third kappa shape index (κ3) is 2.96. The van der Waals surface area contributed by atoms with Crippen LogP contribution in [0.1, 0.15) is 15.9 Å². The highest BCUT2D eigenvalue weighted by atomic mass is 32.2. The molecule has 0 amide bonds. The van der Waals surface area contributed by atoms with Gasteiger partial charge in [-0.15, -0.1) is 0 Å². The first-order valence-electron chi connectivity index (χ1n) is 4.97. The lowest BCUT2D eigenvalue weighted by Gasteiger charge is -2.01. The number of carbonyl (C=O) groups is 1. The predicted octanol–water partition coefficient (Wildman–Crippen LogP) is 3.32. The Morgan fingerprint density at radius 2 is 1.94 bits per heavy atom. The monoisotopic (exact) mass is 238 g/mol. The molecular weight excluding hydrogens is 230 g/mol. The van der Waals surface area contributed by atoms with E-state index in [-0.39, 0.29) is 0 Å². The molecule has 0 aliphatic carbocycles. The lowest BCUT2D eigenvalue weighted by Crippen LogP contribution is -1.81. The van der Waals surface area contributed by atoms with Crippen LogP contribution in [-0.4, -0.2) is 6.29 Å². The Labute approximate surface area is 104 Å². The van der Waals surface area contributed by atoms with E-state index in [9.17, 15) is 4.79 Å². The highest BCUT2D eigenvalue weighted by molar-refractivity contribution is 7.99. The van der Waals surface area contributed by atoms with E-state index in [1.807, 2.05) is 18.2 Å². The molecule has 0 aliphatic heterocycles. The van der Waals surface area contributed by atoms with Crippen molar-refractivity contribution in [2.75, 3.05) is 0 Å². The summed E-state index contributed by atoms with van der Waals surface area (Å²) in [5, 5.41) is 8.69. The zero-order valence-corrected chi connectivity index (χ0v) is 9.70. The normalized spacial score (nSPS) is 9.59. The first-order valence-corrected chi connectivity index (χ1v) is 5.78. The molecule has 1 radical (unpaired) electrons. The molecule has 17 heavy (non-hydrogen) atoms. The number of rotatable bonds is 3. The van der Waals surface area contributed by atoms with Crippen molar-refractivity contribution < 1.29 is 4.79 Å². The number of hydrogen-bond donors (Lipinski definition) is 0. The molecule has 0 bridgehead atoms. The number of nitrogens with zero attached hydrogens (tertiary/aromatic N) is 1. The minimum atomic E-state index is 0.545. The molecule has 0 unspecified atom stereocenters. The zero-order chi connectivity index (χ0) is 12.1. The van der Waals surface area contributed by atoms with Crippen molar-refractivity contribution in [3.63, 3.8) is 0 Å². The van der Waals surface area contributed by atoms with E-state index in [1.54, 1.807) is 36.0 Å². The van der Waals surface area contributed by atoms with Crippen molar-refractivity contribution in [3.8, 4) is 6.07 Å². The first-order chi connectivity index (χ1) is 8.31. The average Bonchev–Trinajstić information content (AvgIpc) is 2.40. The molecule has 0 saturated carbocycles. The Kier molecular flexibility index (Phi) is 3.59. The molecule has 3 heteroatoms. The van der Waals surface area contributed by atoms with Crippen molar-refractivity contribution >= 4 is 18.0 Å². The topological polar surface area (TPSA) is 40.9 Å². The van der Waals surface area contributed by atoms with Crippen molar-refractivity contribution in [1.29, 1.82) is 5.26 Å². The van der Waals surface area contributed by atoms with E-state index in [2.05, 4.69) is 12.1 Å². The minimum Gasteiger partial charge on any atom is -0.298 e. The summed E-state index contributed by atoms with van der Waals surface area (Å²) in [6.07, 6.45) is 0.781. The van der Waals surface area contributed by atoms with E-state index >= 15 is 0 Å².